The fraction of sp³-hybridized carbons (Fsp3) is 0.120. The van der Waals surface area contributed by atoms with Crippen LogP contribution < -0.4 is 9.47 Å². The molecule has 0 fully saturated rings. The zero-order valence-electron chi connectivity index (χ0n) is 17.2. The van der Waals surface area contributed by atoms with E-state index in [9.17, 15) is 4.79 Å². The van der Waals surface area contributed by atoms with Crippen molar-refractivity contribution in [1.82, 2.24) is 0 Å². The van der Waals surface area contributed by atoms with Crippen molar-refractivity contribution in [3.63, 3.8) is 0 Å². The SMILES string of the molecule is COc1cc(/C=C2\N=C(c3ccccc3Br)OC2=O)cc(Cl)c1OCCc1ccccc1. The molecule has 0 saturated heterocycles. The fourth-order valence-electron chi connectivity index (χ4n) is 3.20. The van der Waals surface area contributed by atoms with Crippen LogP contribution in [0.1, 0.15) is 16.7 Å². The molecule has 4 rings (SSSR count). The normalized spacial score (nSPS) is 14.3. The van der Waals surface area contributed by atoms with Gasteiger partial charge in [0.2, 0.25) is 5.90 Å². The van der Waals surface area contributed by atoms with E-state index in [0.717, 1.165) is 10.9 Å². The minimum atomic E-state index is -0.533. The van der Waals surface area contributed by atoms with Crippen molar-refractivity contribution in [3.05, 3.63) is 98.6 Å². The van der Waals surface area contributed by atoms with Gasteiger partial charge in [-0.2, -0.15) is 0 Å². The molecule has 0 bridgehead atoms. The van der Waals surface area contributed by atoms with Gasteiger partial charge in [0.05, 0.1) is 24.3 Å². The van der Waals surface area contributed by atoms with Gasteiger partial charge in [0, 0.05) is 10.9 Å². The summed E-state index contributed by atoms with van der Waals surface area (Å²) in [6, 6.07) is 20.9. The monoisotopic (exact) mass is 511 g/mol. The van der Waals surface area contributed by atoms with Crippen LogP contribution in [0.5, 0.6) is 11.5 Å². The number of halogens is 2. The van der Waals surface area contributed by atoms with E-state index in [1.807, 2.05) is 54.6 Å². The number of benzene rings is 3. The Bertz CT molecular complexity index is 1210. The van der Waals surface area contributed by atoms with Gasteiger partial charge in [-0.1, -0.05) is 54.1 Å². The van der Waals surface area contributed by atoms with Gasteiger partial charge < -0.3 is 14.2 Å². The third-order valence-electron chi connectivity index (χ3n) is 4.76. The lowest BCUT2D eigenvalue weighted by molar-refractivity contribution is -0.129. The van der Waals surface area contributed by atoms with Crippen molar-refractivity contribution in [3.8, 4) is 11.5 Å². The lowest BCUT2D eigenvalue weighted by atomic mass is 10.1. The van der Waals surface area contributed by atoms with Gasteiger partial charge in [-0.15, -0.1) is 0 Å². The van der Waals surface area contributed by atoms with Crippen molar-refractivity contribution in [2.45, 2.75) is 6.42 Å². The molecule has 0 spiro atoms. The summed E-state index contributed by atoms with van der Waals surface area (Å²) in [6.45, 7) is 0.451. The van der Waals surface area contributed by atoms with Gasteiger partial charge >= 0.3 is 5.97 Å². The minimum Gasteiger partial charge on any atom is -0.493 e. The van der Waals surface area contributed by atoms with Crippen LogP contribution in [-0.4, -0.2) is 25.6 Å². The Morgan fingerprint density at radius 1 is 1.09 bits per heavy atom. The number of esters is 1. The van der Waals surface area contributed by atoms with E-state index < -0.39 is 5.97 Å². The predicted molar refractivity (Wildman–Crippen MR) is 128 cm³/mol. The van der Waals surface area contributed by atoms with Crippen LogP contribution in [0.2, 0.25) is 5.02 Å². The zero-order chi connectivity index (χ0) is 22.5. The number of hydrogen-bond donors (Lipinski definition) is 0. The lowest BCUT2D eigenvalue weighted by Gasteiger charge is -2.13. The highest BCUT2D eigenvalue weighted by Gasteiger charge is 2.25. The van der Waals surface area contributed by atoms with Gasteiger partial charge in [-0.25, -0.2) is 9.79 Å². The number of hydrogen-bond acceptors (Lipinski definition) is 5. The molecule has 7 heteroatoms. The number of rotatable bonds is 7. The van der Waals surface area contributed by atoms with E-state index in [0.29, 0.717) is 34.3 Å². The predicted octanol–water partition coefficient (Wildman–Crippen LogP) is 6.08. The standard InChI is InChI=1S/C25H19BrClNO4/c1-30-22-15-17(13-20(27)23(22)31-12-11-16-7-3-2-4-8-16)14-21-25(29)32-24(28-21)18-9-5-6-10-19(18)26/h2-10,13-15H,11-12H2,1H3/b21-14-. The first-order valence-electron chi connectivity index (χ1n) is 9.87. The quantitative estimate of drug-likeness (QED) is 0.284. The van der Waals surface area contributed by atoms with Gasteiger partial charge in [-0.3, -0.25) is 0 Å². The summed E-state index contributed by atoms with van der Waals surface area (Å²) in [5.41, 5.74) is 2.68. The van der Waals surface area contributed by atoms with E-state index >= 15 is 0 Å². The van der Waals surface area contributed by atoms with Crippen molar-refractivity contribution < 1.29 is 19.0 Å². The van der Waals surface area contributed by atoms with Gasteiger partial charge in [-0.05, 0) is 57.4 Å². The first kappa shape index (κ1) is 22.1. The highest BCUT2D eigenvalue weighted by Crippen LogP contribution is 2.37. The largest absolute Gasteiger partial charge is 0.493 e. The van der Waals surface area contributed by atoms with Gasteiger partial charge in [0.1, 0.15) is 0 Å². The Labute approximate surface area is 199 Å². The average molecular weight is 513 g/mol. The molecule has 0 radical (unpaired) electrons. The molecule has 162 valence electrons. The van der Waals surface area contributed by atoms with Crippen LogP contribution >= 0.6 is 27.5 Å². The maximum absolute atomic E-state index is 12.3. The van der Waals surface area contributed by atoms with Crippen LogP contribution in [0, 0.1) is 0 Å². The third-order valence-corrected chi connectivity index (χ3v) is 5.73. The Kier molecular flexibility index (Phi) is 6.93. The smallest absolute Gasteiger partial charge is 0.363 e. The maximum Gasteiger partial charge on any atom is 0.363 e. The molecule has 1 heterocycles. The van der Waals surface area contributed by atoms with Crippen LogP contribution in [-0.2, 0) is 16.0 Å². The highest BCUT2D eigenvalue weighted by molar-refractivity contribution is 9.10. The summed E-state index contributed by atoms with van der Waals surface area (Å²) in [5, 5.41) is 0.380. The van der Waals surface area contributed by atoms with E-state index in [1.165, 1.54) is 5.56 Å². The summed E-state index contributed by atoms with van der Waals surface area (Å²) in [5.74, 6) is 0.638. The number of carbonyl (C=O) groups excluding carboxylic acids is 1. The van der Waals surface area contributed by atoms with Crippen molar-refractivity contribution in [1.29, 1.82) is 0 Å². The number of aliphatic imine (C=N–C) groups is 1. The minimum absolute atomic E-state index is 0.173. The van der Waals surface area contributed by atoms with Crippen LogP contribution in [0.3, 0.4) is 0 Å². The molecular formula is C25H19BrClNO4. The van der Waals surface area contributed by atoms with E-state index in [2.05, 4.69) is 20.9 Å². The summed E-state index contributed by atoms with van der Waals surface area (Å²) in [6.07, 6.45) is 2.35. The molecule has 0 N–H and O–H groups in total. The van der Waals surface area contributed by atoms with Crippen LogP contribution in [0.4, 0.5) is 0 Å². The number of carbonyl (C=O) groups is 1. The molecule has 0 amide bonds. The van der Waals surface area contributed by atoms with Crippen LogP contribution in [0.25, 0.3) is 6.08 Å². The van der Waals surface area contributed by atoms with E-state index in [4.69, 9.17) is 25.8 Å². The fourth-order valence-corrected chi connectivity index (χ4v) is 3.92. The first-order chi connectivity index (χ1) is 15.5. The topological polar surface area (TPSA) is 57.1 Å². The van der Waals surface area contributed by atoms with E-state index in [-0.39, 0.29) is 11.6 Å². The molecule has 0 unspecified atom stereocenters. The molecule has 1 aliphatic heterocycles. The molecule has 0 aromatic heterocycles. The Morgan fingerprint density at radius 2 is 1.84 bits per heavy atom. The lowest BCUT2D eigenvalue weighted by Crippen LogP contribution is -2.06. The molecule has 3 aromatic rings. The zero-order valence-corrected chi connectivity index (χ0v) is 19.5. The maximum atomic E-state index is 12.3. The summed E-state index contributed by atoms with van der Waals surface area (Å²) in [4.78, 5) is 16.7. The average Bonchev–Trinajstić information content (AvgIpc) is 3.15. The van der Waals surface area contributed by atoms with Crippen LogP contribution in [0.15, 0.2) is 81.9 Å². The second kappa shape index (κ2) is 10.0. The number of cyclic esters (lactones) is 1. The third kappa shape index (κ3) is 5.03. The number of nitrogens with zero attached hydrogens (tertiary/aromatic N) is 1. The Balaban J connectivity index is 1.55. The molecule has 0 atom stereocenters. The van der Waals surface area contributed by atoms with Crippen molar-refractivity contribution in [2.24, 2.45) is 4.99 Å². The summed E-state index contributed by atoms with van der Waals surface area (Å²) < 4.78 is 17.5. The van der Waals surface area contributed by atoms with Crippen molar-refractivity contribution >= 4 is 45.5 Å². The molecular weight excluding hydrogens is 494 g/mol. The van der Waals surface area contributed by atoms with E-state index in [1.54, 1.807) is 25.3 Å². The molecule has 0 saturated carbocycles. The Hall–Kier alpha value is -3.09. The molecule has 3 aromatic carbocycles. The summed E-state index contributed by atoms with van der Waals surface area (Å²) >= 11 is 9.92. The van der Waals surface area contributed by atoms with Gasteiger partial charge in [0.25, 0.3) is 0 Å². The van der Waals surface area contributed by atoms with Crippen molar-refractivity contribution in [2.75, 3.05) is 13.7 Å². The highest BCUT2D eigenvalue weighted by atomic mass is 79.9. The summed E-state index contributed by atoms with van der Waals surface area (Å²) in [7, 11) is 1.54. The molecule has 1 aliphatic rings. The second-order valence-corrected chi connectivity index (χ2v) is 8.20. The molecule has 0 aliphatic carbocycles. The first-order valence-corrected chi connectivity index (χ1v) is 11.0. The molecule has 32 heavy (non-hydrogen) atoms. The Morgan fingerprint density at radius 3 is 2.59 bits per heavy atom. The number of ether oxygens (including phenoxy) is 3. The molecule has 5 nitrogen and oxygen atoms in total. The second-order valence-electron chi connectivity index (χ2n) is 6.93. The number of methoxy groups -OCH3 is 1. The van der Waals surface area contributed by atoms with Gasteiger partial charge in [0.15, 0.2) is 17.2 Å².